The molecule has 0 unspecified atom stereocenters. The zero-order valence-electron chi connectivity index (χ0n) is 16.6. The van der Waals surface area contributed by atoms with Gasteiger partial charge in [0, 0.05) is 21.7 Å². The Kier molecular flexibility index (Phi) is 2.55. The highest BCUT2D eigenvalue weighted by atomic mass is 14.8. The Hall–Kier alpha value is -2.34. The van der Waals surface area contributed by atoms with Crippen molar-refractivity contribution in [2.75, 3.05) is 0 Å². The fraction of sp³-hybridized carbons (Fsp3) is 0.333. The molecule has 0 heteroatoms. The molecule has 0 atom stereocenters. The zero-order chi connectivity index (χ0) is 18.7. The van der Waals surface area contributed by atoms with Crippen LogP contribution in [0, 0.1) is 5.41 Å². The van der Waals surface area contributed by atoms with E-state index in [1.807, 2.05) is 0 Å². The smallest absolute Gasteiger partial charge is 0.0260 e. The molecule has 0 fully saturated rings. The van der Waals surface area contributed by atoms with Gasteiger partial charge >= 0.3 is 0 Å². The molecule has 3 aliphatic carbocycles. The van der Waals surface area contributed by atoms with Crippen molar-refractivity contribution >= 4 is 0 Å². The fourth-order valence-electron chi connectivity index (χ4n) is 8.44. The summed E-state index contributed by atoms with van der Waals surface area (Å²) in [6.45, 7) is 10.0. The second-order valence-corrected chi connectivity index (χ2v) is 9.27. The van der Waals surface area contributed by atoms with Crippen LogP contribution in [0.2, 0.25) is 0 Å². The van der Waals surface area contributed by atoms with Gasteiger partial charge in [-0.25, -0.2) is 0 Å². The average molecular weight is 351 g/mol. The molecule has 27 heavy (non-hydrogen) atoms. The largest absolute Gasteiger partial charge is 0.0647 e. The summed E-state index contributed by atoms with van der Waals surface area (Å²) in [5.74, 6) is 0. The number of hydrogen-bond donors (Lipinski definition) is 0. The maximum atomic E-state index is 2.54. The van der Waals surface area contributed by atoms with Gasteiger partial charge in [0.1, 0.15) is 0 Å². The van der Waals surface area contributed by atoms with E-state index in [2.05, 4.69) is 100 Å². The molecular weight excluding hydrogens is 324 g/mol. The standard InChI is InChI=1S/C27H26/c1-5-27-24(2)18-12-6-8-14-20(18)25(27,3)22-16-10-11-17-23(22)26(27,4)21-15-9-7-13-19(21)24/h6-17H,5H2,1-4H3. The highest BCUT2D eigenvalue weighted by Gasteiger charge is 2.80. The summed E-state index contributed by atoms with van der Waals surface area (Å²) in [5, 5.41) is 0. The van der Waals surface area contributed by atoms with Crippen LogP contribution in [0.25, 0.3) is 0 Å². The van der Waals surface area contributed by atoms with E-state index >= 15 is 0 Å². The van der Waals surface area contributed by atoms with Gasteiger partial charge in [0.2, 0.25) is 0 Å². The summed E-state index contributed by atoms with van der Waals surface area (Å²) in [7, 11) is 0. The van der Waals surface area contributed by atoms with E-state index in [4.69, 9.17) is 0 Å². The SMILES string of the molecule is CCC12C3(C)c4ccccc4C1(C)c1ccccc1C2(C)c1ccccc13. The van der Waals surface area contributed by atoms with E-state index in [9.17, 15) is 0 Å². The molecule has 0 saturated heterocycles. The van der Waals surface area contributed by atoms with Gasteiger partial charge in [-0.1, -0.05) is 100 Å². The normalized spacial score (nSPS) is 36.9. The monoisotopic (exact) mass is 350 g/mol. The molecule has 0 aromatic heterocycles. The lowest BCUT2D eigenvalue weighted by molar-refractivity contribution is 0.0692. The third-order valence-electron chi connectivity index (χ3n) is 9.10. The van der Waals surface area contributed by atoms with Gasteiger partial charge in [-0.05, 0) is 39.8 Å². The fourth-order valence-corrected chi connectivity index (χ4v) is 8.44. The van der Waals surface area contributed by atoms with Crippen molar-refractivity contribution in [2.45, 2.75) is 50.4 Å². The van der Waals surface area contributed by atoms with Crippen molar-refractivity contribution in [1.29, 1.82) is 0 Å². The molecule has 0 nitrogen and oxygen atoms in total. The Bertz CT molecular complexity index is 908. The van der Waals surface area contributed by atoms with Crippen molar-refractivity contribution in [2.24, 2.45) is 5.41 Å². The van der Waals surface area contributed by atoms with E-state index < -0.39 is 0 Å². The highest BCUT2D eigenvalue weighted by molar-refractivity contribution is 5.76. The number of fused-ring (bicyclic) bond motifs is 9. The number of rotatable bonds is 1. The van der Waals surface area contributed by atoms with Crippen molar-refractivity contribution in [3.63, 3.8) is 0 Å². The Morgan fingerprint density at radius 1 is 0.481 bits per heavy atom. The van der Waals surface area contributed by atoms with Gasteiger partial charge < -0.3 is 0 Å². The predicted molar refractivity (Wildman–Crippen MR) is 111 cm³/mol. The van der Waals surface area contributed by atoms with Crippen molar-refractivity contribution < 1.29 is 0 Å². The minimum absolute atomic E-state index is 0.0253. The number of hydrogen-bond acceptors (Lipinski definition) is 0. The van der Waals surface area contributed by atoms with Gasteiger partial charge in [0.25, 0.3) is 0 Å². The highest BCUT2D eigenvalue weighted by Crippen LogP contribution is 2.83. The second kappa shape index (κ2) is 4.38. The quantitative estimate of drug-likeness (QED) is 0.480. The first-order chi connectivity index (χ1) is 13.0. The third kappa shape index (κ3) is 1.19. The Morgan fingerprint density at radius 3 is 0.889 bits per heavy atom. The molecule has 6 rings (SSSR count). The summed E-state index contributed by atoms with van der Waals surface area (Å²) in [4.78, 5) is 0. The first-order valence-electron chi connectivity index (χ1n) is 10.3. The van der Waals surface area contributed by atoms with Crippen LogP contribution in [0.15, 0.2) is 72.8 Å². The average Bonchev–Trinajstić information content (AvgIpc) is 3.12. The molecule has 3 aromatic carbocycles. The van der Waals surface area contributed by atoms with Crippen LogP contribution in [0.5, 0.6) is 0 Å². The van der Waals surface area contributed by atoms with Gasteiger partial charge in [-0.2, -0.15) is 0 Å². The molecule has 0 spiro atoms. The van der Waals surface area contributed by atoms with E-state index in [1.54, 1.807) is 33.4 Å². The summed E-state index contributed by atoms with van der Waals surface area (Å²) < 4.78 is 0. The van der Waals surface area contributed by atoms with Gasteiger partial charge in [0.05, 0.1) is 0 Å². The van der Waals surface area contributed by atoms with Crippen molar-refractivity contribution in [3.05, 3.63) is 106 Å². The Morgan fingerprint density at radius 2 is 0.704 bits per heavy atom. The van der Waals surface area contributed by atoms with Gasteiger partial charge in [0.15, 0.2) is 0 Å². The predicted octanol–water partition coefficient (Wildman–Crippen LogP) is 6.34. The molecule has 0 radical (unpaired) electrons. The summed E-state index contributed by atoms with van der Waals surface area (Å²) in [6.07, 6.45) is 1.16. The minimum atomic E-state index is 0.0253. The lowest BCUT2D eigenvalue weighted by Gasteiger charge is -2.51. The van der Waals surface area contributed by atoms with Crippen LogP contribution in [0.1, 0.15) is 67.5 Å². The Balaban J connectivity index is 1.94. The second-order valence-electron chi connectivity index (χ2n) is 9.27. The molecule has 3 aromatic rings. The van der Waals surface area contributed by atoms with Crippen LogP contribution in [0.4, 0.5) is 0 Å². The molecular formula is C27H26. The van der Waals surface area contributed by atoms with Crippen LogP contribution in [-0.2, 0) is 16.2 Å². The molecule has 0 N–H and O–H groups in total. The molecule has 0 amide bonds. The Labute approximate surface area is 162 Å². The first kappa shape index (κ1) is 15.7. The van der Waals surface area contributed by atoms with E-state index in [1.165, 1.54) is 0 Å². The maximum absolute atomic E-state index is 2.54. The first-order valence-corrected chi connectivity index (χ1v) is 10.3. The van der Waals surface area contributed by atoms with Gasteiger partial charge in [-0.15, -0.1) is 0 Å². The lowest BCUT2D eigenvalue weighted by atomic mass is 9.49. The minimum Gasteiger partial charge on any atom is -0.0647 e. The summed E-state index contributed by atoms with van der Waals surface area (Å²) in [5.41, 5.74) is 9.44. The van der Waals surface area contributed by atoms with Crippen molar-refractivity contribution in [3.8, 4) is 0 Å². The van der Waals surface area contributed by atoms with Crippen LogP contribution < -0.4 is 0 Å². The van der Waals surface area contributed by atoms with Gasteiger partial charge in [-0.3, -0.25) is 0 Å². The summed E-state index contributed by atoms with van der Waals surface area (Å²) >= 11 is 0. The molecule has 134 valence electrons. The summed E-state index contributed by atoms with van der Waals surface area (Å²) in [6, 6.07) is 27.9. The van der Waals surface area contributed by atoms with Crippen molar-refractivity contribution in [1.82, 2.24) is 0 Å². The zero-order valence-corrected chi connectivity index (χ0v) is 16.6. The molecule has 3 aliphatic rings. The lowest BCUT2D eigenvalue weighted by Crippen LogP contribution is -2.53. The molecule has 0 saturated carbocycles. The molecule has 0 aliphatic heterocycles. The molecule has 0 bridgehead atoms. The molecule has 0 heterocycles. The maximum Gasteiger partial charge on any atom is 0.0260 e. The number of benzene rings is 3. The van der Waals surface area contributed by atoms with E-state index in [-0.39, 0.29) is 21.7 Å². The van der Waals surface area contributed by atoms with Crippen LogP contribution >= 0.6 is 0 Å². The van der Waals surface area contributed by atoms with E-state index in [0.717, 1.165) is 6.42 Å². The van der Waals surface area contributed by atoms with Crippen LogP contribution in [0.3, 0.4) is 0 Å². The topological polar surface area (TPSA) is 0 Å². The van der Waals surface area contributed by atoms with E-state index in [0.29, 0.717) is 0 Å². The third-order valence-corrected chi connectivity index (χ3v) is 9.10. The van der Waals surface area contributed by atoms with Crippen LogP contribution in [-0.4, -0.2) is 0 Å².